The SMILES string of the molecule is CC(C)(C)OC(=O)N1CCN(c2cc(OCc3ccccc3)ccc2OCc2ccccc2)CC1. The quantitative estimate of drug-likeness (QED) is 0.427. The highest BCUT2D eigenvalue weighted by atomic mass is 16.6. The average molecular weight is 475 g/mol. The molecule has 35 heavy (non-hydrogen) atoms. The molecule has 1 heterocycles. The summed E-state index contributed by atoms with van der Waals surface area (Å²) in [5.74, 6) is 1.58. The molecule has 3 aromatic carbocycles. The Kier molecular flexibility index (Phi) is 7.80. The van der Waals surface area contributed by atoms with Gasteiger partial charge in [0.05, 0.1) is 5.69 Å². The van der Waals surface area contributed by atoms with E-state index in [4.69, 9.17) is 14.2 Å². The van der Waals surface area contributed by atoms with Gasteiger partial charge in [0.2, 0.25) is 0 Å². The van der Waals surface area contributed by atoms with E-state index < -0.39 is 5.60 Å². The molecule has 1 amide bonds. The van der Waals surface area contributed by atoms with Crippen LogP contribution in [0.1, 0.15) is 31.9 Å². The zero-order valence-corrected chi connectivity index (χ0v) is 20.8. The number of carbonyl (C=O) groups excluding carboxylic acids is 1. The van der Waals surface area contributed by atoms with Gasteiger partial charge in [0, 0.05) is 32.2 Å². The van der Waals surface area contributed by atoms with Crippen molar-refractivity contribution in [2.75, 3.05) is 31.1 Å². The number of carbonyl (C=O) groups is 1. The third-order valence-electron chi connectivity index (χ3n) is 5.69. The van der Waals surface area contributed by atoms with Crippen LogP contribution >= 0.6 is 0 Å². The molecule has 0 radical (unpaired) electrons. The van der Waals surface area contributed by atoms with Crippen LogP contribution in [0.15, 0.2) is 78.9 Å². The van der Waals surface area contributed by atoms with Gasteiger partial charge in [0.15, 0.2) is 0 Å². The summed E-state index contributed by atoms with van der Waals surface area (Å²) in [7, 11) is 0. The van der Waals surface area contributed by atoms with Crippen LogP contribution in [0.25, 0.3) is 0 Å². The lowest BCUT2D eigenvalue weighted by molar-refractivity contribution is 0.0240. The van der Waals surface area contributed by atoms with Gasteiger partial charge in [-0.3, -0.25) is 0 Å². The first-order valence-corrected chi connectivity index (χ1v) is 12.1. The fourth-order valence-corrected chi connectivity index (χ4v) is 3.89. The van der Waals surface area contributed by atoms with Gasteiger partial charge in [-0.2, -0.15) is 0 Å². The second-order valence-electron chi connectivity index (χ2n) is 9.63. The number of ether oxygens (including phenoxy) is 3. The highest BCUT2D eigenvalue weighted by Crippen LogP contribution is 2.34. The van der Waals surface area contributed by atoms with Crippen molar-refractivity contribution in [3.8, 4) is 11.5 Å². The van der Waals surface area contributed by atoms with Crippen LogP contribution in [-0.4, -0.2) is 42.8 Å². The number of nitrogens with zero attached hydrogens (tertiary/aromatic N) is 2. The lowest BCUT2D eigenvalue weighted by atomic mass is 10.2. The highest BCUT2D eigenvalue weighted by molar-refractivity contribution is 5.69. The van der Waals surface area contributed by atoms with Crippen molar-refractivity contribution < 1.29 is 19.0 Å². The standard InChI is InChI=1S/C29H34N2O4/c1-29(2,3)35-28(32)31-18-16-30(17-19-31)26-20-25(33-21-23-10-6-4-7-11-23)14-15-27(26)34-22-24-12-8-5-9-13-24/h4-15,20H,16-19,21-22H2,1-3H3. The molecule has 4 rings (SSSR count). The van der Waals surface area contributed by atoms with E-state index in [1.807, 2.05) is 87.5 Å². The number of anilines is 1. The second kappa shape index (κ2) is 11.2. The third kappa shape index (κ3) is 7.15. The Labute approximate surface area is 208 Å². The van der Waals surface area contributed by atoms with Gasteiger partial charge in [-0.05, 0) is 44.0 Å². The van der Waals surface area contributed by atoms with E-state index in [9.17, 15) is 4.79 Å². The first-order chi connectivity index (χ1) is 16.9. The van der Waals surface area contributed by atoms with Crippen LogP contribution in [0.5, 0.6) is 11.5 Å². The van der Waals surface area contributed by atoms with Crippen molar-refractivity contribution in [1.82, 2.24) is 4.90 Å². The highest BCUT2D eigenvalue weighted by Gasteiger charge is 2.27. The van der Waals surface area contributed by atoms with Gasteiger partial charge in [0.25, 0.3) is 0 Å². The smallest absolute Gasteiger partial charge is 0.410 e. The number of piperazine rings is 1. The summed E-state index contributed by atoms with van der Waals surface area (Å²) >= 11 is 0. The van der Waals surface area contributed by atoms with E-state index in [-0.39, 0.29) is 6.09 Å². The summed E-state index contributed by atoms with van der Waals surface area (Å²) in [4.78, 5) is 16.5. The molecule has 3 aromatic rings. The van der Waals surface area contributed by atoms with Crippen molar-refractivity contribution >= 4 is 11.8 Å². The van der Waals surface area contributed by atoms with Crippen LogP contribution in [0, 0.1) is 0 Å². The molecule has 0 spiro atoms. The molecule has 1 aliphatic rings. The predicted octanol–water partition coefficient (Wildman–Crippen LogP) is 5.90. The van der Waals surface area contributed by atoms with Crippen molar-refractivity contribution in [2.24, 2.45) is 0 Å². The Balaban J connectivity index is 1.47. The maximum absolute atomic E-state index is 12.5. The minimum Gasteiger partial charge on any atom is -0.489 e. The molecular weight excluding hydrogens is 440 g/mol. The average Bonchev–Trinajstić information content (AvgIpc) is 2.87. The van der Waals surface area contributed by atoms with Crippen molar-refractivity contribution in [1.29, 1.82) is 0 Å². The fourth-order valence-electron chi connectivity index (χ4n) is 3.89. The third-order valence-corrected chi connectivity index (χ3v) is 5.69. The molecular formula is C29H34N2O4. The molecule has 0 aromatic heterocycles. The summed E-state index contributed by atoms with van der Waals surface area (Å²) < 4.78 is 17.9. The molecule has 1 fully saturated rings. The Morgan fingerprint density at radius 3 is 1.91 bits per heavy atom. The van der Waals surface area contributed by atoms with E-state index in [2.05, 4.69) is 17.0 Å². The fraction of sp³-hybridized carbons (Fsp3) is 0.345. The van der Waals surface area contributed by atoms with Gasteiger partial charge in [0.1, 0.15) is 30.3 Å². The predicted molar refractivity (Wildman–Crippen MR) is 138 cm³/mol. The maximum Gasteiger partial charge on any atom is 0.410 e. The molecule has 184 valence electrons. The van der Waals surface area contributed by atoms with E-state index in [0.717, 1.165) is 28.3 Å². The molecule has 0 saturated carbocycles. The van der Waals surface area contributed by atoms with Gasteiger partial charge in [-0.25, -0.2) is 4.79 Å². The lowest BCUT2D eigenvalue weighted by Gasteiger charge is -2.37. The molecule has 0 aliphatic carbocycles. The van der Waals surface area contributed by atoms with E-state index in [0.29, 0.717) is 39.4 Å². The van der Waals surface area contributed by atoms with E-state index in [1.165, 1.54) is 0 Å². The summed E-state index contributed by atoms with van der Waals surface area (Å²) in [6.07, 6.45) is -0.266. The molecule has 0 atom stereocenters. The van der Waals surface area contributed by atoms with Gasteiger partial charge < -0.3 is 24.0 Å². The summed E-state index contributed by atoms with van der Waals surface area (Å²) in [6.45, 7) is 9.18. The first-order valence-electron chi connectivity index (χ1n) is 12.1. The molecule has 6 nitrogen and oxygen atoms in total. The summed E-state index contributed by atoms with van der Waals surface area (Å²) in [5, 5.41) is 0. The Morgan fingerprint density at radius 1 is 0.771 bits per heavy atom. The van der Waals surface area contributed by atoms with Crippen LogP contribution < -0.4 is 14.4 Å². The number of amides is 1. The monoisotopic (exact) mass is 474 g/mol. The van der Waals surface area contributed by atoms with Crippen molar-refractivity contribution in [3.05, 3.63) is 90.0 Å². The molecule has 1 saturated heterocycles. The minimum absolute atomic E-state index is 0.266. The zero-order valence-electron chi connectivity index (χ0n) is 20.8. The van der Waals surface area contributed by atoms with Crippen molar-refractivity contribution in [3.63, 3.8) is 0 Å². The van der Waals surface area contributed by atoms with Crippen LogP contribution in [0.3, 0.4) is 0 Å². The van der Waals surface area contributed by atoms with Crippen LogP contribution in [-0.2, 0) is 18.0 Å². The molecule has 0 N–H and O–H groups in total. The molecule has 0 unspecified atom stereocenters. The lowest BCUT2D eigenvalue weighted by Crippen LogP contribution is -2.50. The van der Waals surface area contributed by atoms with E-state index in [1.54, 1.807) is 4.90 Å². The Hall–Kier alpha value is -3.67. The Bertz CT molecular complexity index is 1090. The minimum atomic E-state index is -0.503. The normalized spacial score (nSPS) is 13.9. The molecule has 0 bridgehead atoms. The summed E-state index contributed by atoms with van der Waals surface area (Å²) in [5.41, 5.74) is 2.69. The number of hydrogen-bond acceptors (Lipinski definition) is 5. The maximum atomic E-state index is 12.5. The second-order valence-corrected chi connectivity index (χ2v) is 9.63. The molecule has 1 aliphatic heterocycles. The van der Waals surface area contributed by atoms with Crippen LogP contribution in [0.4, 0.5) is 10.5 Å². The largest absolute Gasteiger partial charge is 0.489 e. The Morgan fingerprint density at radius 2 is 1.34 bits per heavy atom. The van der Waals surface area contributed by atoms with Crippen LogP contribution in [0.2, 0.25) is 0 Å². The number of benzene rings is 3. The first kappa shape index (κ1) is 24.5. The van der Waals surface area contributed by atoms with Gasteiger partial charge in [-0.15, -0.1) is 0 Å². The van der Waals surface area contributed by atoms with E-state index >= 15 is 0 Å². The van der Waals surface area contributed by atoms with Gasteiger partial charge in [-0.1, -0.05) is 60.7 Å². The summed E-state index contributed by atoms with van der Waals surface area (Å²) in [6, 6.07) is 26.2. The topological polar surface area (TPSA) is 51.2 Å². The van der Waals surface area contributed by atoms with Gasteiger partial charge >= 0.3 is 6.09 Å². The zero-order chi connectivity index (χ0) is 24.7. The number of rotatable bonds is 7. The number of hydrogen-bond donors (Lipinski definition) is 0. The van der Waals surface area contributed by atoms with Crippen molar-refractivity contribution in [2.45, 2.75) is 39.6 Å². The molecule has 6 heteroatoms.